The van der Waals surface area contributed by atoms with E-state index >= 15 is 0 Å². The SMILES string of the molecule is CCCCNC(=O)[C@@H](Cc1ccccc1)N(Cc1cccc(OC)c1)C(=O)CC(c1ccccc1)c1ccccc1. The van der Waals surface area contributed by atoms with Crippen LogP contribution < -0.4 is 10.1 Å². The van der Waals surface area contributed by atoms with Crippen LogP contribution >= 0.6 is 0 Å². The van der Waals surface area contributed by atoms with Crippen molar-refractivity contribution in [2.45, 2.75) is 51.1 Å². The summed E-state index contributed by atoms with van der Waals surface area (Å²) in [4.78, 5) is 30.0. The molecule has 0 aliphatic heterocycles. The molecule has 0 unspecified atom stereocenters. The van der Waals surface area contributed by atoms with E-state index in [1.807, 2.05) is 91.0 Å². The maximum absolute atomic E-state index is 14.4. The highest BCUT2D eigenvalue weighted by molar-refractivity contribution is 5.88. The number of nitrogens with zero attached hydrogens (tertiary/aromatic N) is 1. The summed E-state index contributed by atoms with van der Waals surface area (Å²) in [7, 11) is 1.63. The molecular formula is C36H40N2O3. The summed E-state index contributed by atoms with van der Waals surface area (Å²) in [5.41, 5.74) is 4.06. The number of benzene rings is 4. The van der Waals surface area contributed by atoms with Gasteiger partial charge in [-0.05, 0) is 40.8 Å². The quantitative estimate of drug-likeness (QED) is 0.177. The van der Waals surface area contributed by atoms with Gasteiger partial charge in [-0.3, -0.25) is 9.59 Å². The first-order chi connectivity index (χ1) is 20.1. The highest BCUT2D eigenvalue weighted by Crippen LogP contribution is 2.30. The molecule has 2 amide bonds. The number of rotatable bonds is 14. The molecule has 0 spiro atoms. The Balaban J connectivity index is 1.72. The summed E-state index contributed by atoms with van der Waals surface area (Å²) >= 11 is 0. The normalized spacial score (nSPS) is 11.6. The van der Waals surface area contributed by atoms with Crippen molar-refractivity contribution in [3.63, 3.8) is 0 Å². The van der Waals surface area contributed by atoms with Gasteiger partial charge in [-0.1, -0.05) is 116 Å². The summed E-state index contributed by atoms with van der Waals surface area (Å²) in [5.74, 6) is 0.373. The minimum Gasteiger partial charge on any atom is -0.497 e. The standard InChI is InChI=1S/C36H40N2O3/c1-3-4-23-37-36(40)34(25-28-15-8-5-9-16-28)38(27-29-17-14-22-32(24-29)41-2)35(39)26-33(30-18-10-6-11-19-30)31-20-12-7-13-21-31/h5-22,24,33-34H,3-4,23,25-27H2,1-2H3,(H,37,40)/t34-/m1/s1. The number of hydrogen-bond acceptors (Lipinski definition) is 3. The molecule has 0 radical (unpaired) electrons. The molecule has 0 saturated heterocycles. The first kappa shape index (κ1) is 29.6. The second-order valence-electron chi connectivity index (χ2n) is 10.3. The Bertz CT molecular complexity index is 1320. The van der Waals surface area contributed by atoms with Crippen molar-refractivity contribution in [1.29, 1.82) is 0 Å². The molecule has 0 fully saturated rings. The first-order valence-electron chi connectivity index (χ1n) is 14.4. The molecule has 0 aromatic heterocycles. The van der Waals surface area contributed by atoms with Crippen molar-refractivity contribution >= 4 is 11.8 Å². The molecule has 4 aromatic carbocycles. The van der Waals surface area contributed by atoms with Crippen LogP contribution in [0.5, 0.6) is 5.75 Å². The predicted molar refractivity (Wildman–Crippen MR) is 165 cm³/mol. The van der Waals surface area contributed by atoms with Crippen LogP contribution in [0.2, 0.25) is 0 Å². The molecular weight excluding hydrogens is 508 g/mol. The fourth-order valence-corrected chi connectivity index (χ4v) is 5.12. The van der Waals surface area contributed by atoms with E-state index < -0.39 is 6.04 Å². The van der Waals surface area contributed by atoms with Crippen LogP contribution in [-0.4, -0.2) is 36.4 Å². The zero-order valence-corrected chi connectivity index (χ0v) is 24.0. The average Bonchev–Trinajstić information content (AvgIpc) is 3.03. The molecule has 0 aliphatic rings. The fourth-order valence-electron chi connectivity index (χ4n) is 5.12. The van der Waals surface area contributed by atoms with Gasteiger partial charge in [0.15, 0.2) is 0 Å². The van der Waals surface area contributed by atoms with E-state index in [1.54, 1.807) is 12.0 Å². The van der Waals surface area contributed by atoms with Crippen LogP contribution in [0.1, 0.15) is 54.4 Å². The Kier molecular flexibility index (Phi) is 11.1. The van der Waals surface area contributed by atoms with Crippen LogP contribution in [0.3, 0.4) is 0 Å². The van der Waals surface area contributed by atoms with Crippen molar-refractivity contribution < 1.29 is 14.3 Å². The Morgan fingerprint density at radius 2 is 1.37 bits per heavy atom. The van der Waals surface area contributed by atoms with Gasteiger partial charge in [0.25, 0.3) is 0 Å². The number of carbonyl (C=O) groups excluding carboxylic acids is 2. The molecule has 1 atom stereocenters. The predicted octanol–water partition coefficient (Wildman–Crippen LogP) is 6.77. The lowest BCUT2D eigenvalue weighted by Crippen LogP contribution is -2.51. The lowest BCUT2D eigenvalue weighted by Gasteiger charge is -2.33. The number of carbonyl (C=O) groups is 2. The summed E-state index contributed by atoms with van der Waals surface area (Å²) in [6.45, 7) is 2.98. The molecule has 4 rings (SSSR count). The molecule has 212 valence electrons. The first-order valence-corrected chi connectivity index (χ1v) is 14.4. The lowest BCUT2D eigenvalue weighted by atomic mass is 9.87. The third-order valence-electron chi connectivity index (χ3n) is 7.37. The molecule has 0 heterocycles. The van der Waals surface area contributed by atoms with E-state index in [-0.39, 0.29) is 24.2 Å². The smallest absolute Gasteiger partial charge is 0.243 e. The third-order valence-corrected chi connectivity index (χ3v) is 7.37. The Morgan fingerprint density at radius 3 is 1.95 bits per heavy atom. The second-order valence-corrected chi connectivity index (χ2v) is 10.3. The second kappa shape index (κ2) is 15.4. The summed E-state index contributed by atoms with van der Waals surface area (Å²) in [6.07, 6.45) is 2.53. The van der Waals surface area contributed by atoms with E-state index in [2.05, 4.69) is 36.5 Å². The summed E-state index contributed by atoms with van der Waals surface area (Å²) < 4.78 is 5.46. The van der Waals surface area contributed by atoms with Gasteiger partial charge in [0.05, 0.1) is 7.11 Å². The molecule has 5 nitrogen and oxygen atoms in total. The number of amides is 2. The highest BCUT2D eigenvalue weighted by atomic mass is 16.5. The molecule has 0 saturated carbocycles. The Labute approximate surface area is 244 Å². The summed E-state index contributed by atoms with van der Waals surface area (Å²) in [6, 6.07) is 37.2. The van der Waals surface area contributed by atoms with E-state index in [4.69, 9.17) is 4.74 Å². The molecule has 5 heteroatoms. The van der Waals surface area contributed by atoms with E-state index in [0.29, 0.717) is 25.3 Å². The maximum atomic E-state index is 14.4. The summed E-state index contributed by atoms with van der Waals surface area (Å²) in [5, 5.41) is 3.11. The average molecular weight is 549 g/mol. The largest absolute Gasteiger partial charge is 0.497 e. The van der Waals surface area contributed by atoms with Gasteiger partial charge in [0.1, 0.15) is 11.8 Å². The number of ether oxygens (including phenoxy) is 1. The fraction of sp³-hybridized carbons (Fsp3) is 0.278. The monoisotopic (exact) mass is 548 g/mol. The van der Waals surface area contributed by atoms with Gasteiger partial charge in [-0.15, -0.1) is 0 Å². The van der Waals surface area contributed by atoms with Crippen molar-refractivity contribution in [1.82, 2.24) is 10.2 Å². The highest BCUT2D eigenvalue weighted by Gasteiger charge is 2.32. The van der Waals surface area contributed by atoms with Gasteiger partial charge in [-0.25, -0.2) is 0 Å². The van der Waals surface area contributed by atoms with Crippen molar-refractivity contribution in [3.8, 4) is 5.75 Å². The molecule has 41 heavy (non-hydrogen) atoms. The van der Waals surface area contributed by atoms with Gasteiger partial charge in [0, 0.05) is 31.8 Å². The van der Waals surface area contributed by atoms with Gasteiger partial charge in [0.2, 0.25) is 11.8 Å². The van der Waals surface area contributed by atoms with Crippen LogP contribution in [0.25, 0.3) is 0 Å². The van der Waals surface area contributed by atoms with Gasteiger partial charge < -0.3 is 15.0 Å². The van der Waals surface area contributed by atoms with E-state index in [9.17, 15) is 9.59 Å². The van der Waals surface area contributed by atoms with Crippen molar-refractivity contribution in [2.75, 3.05) is 13.7 Å². The topological polar surface area (TPSA) is 58.6 Å². The lowest BCUT2D eigenvalue weighted by molar-refractivity contribution is -0.141. The van der Waals surface area contributed by atoms with Crippen LogP contribution in [0.15, 0.2) is 115 Å². The molecule has 4 aromatic rings. The van der Waals surface area contributed by atoms with Gasteiger partial charge >= 0.3 is 0 Å². The Morgan fingerprint density at radius 1 is 0.780 bits per heavy atom. The van der Waals surface area contributed by atoms with Crippen molar-refractivity contribution in [3.05, 3.63) is 138 Å². The number of nitrogens with one attached hydrogen (secondary N) is 1. The third kappa shape index (κ3) is 8.55. The maximum Gasteiger partial charge on any atom is 0.243 e. The zero-order chi connectivity index (χ0) is 28.9. The zero-order valence-electron chi connectivity index (χ0n) is 24.0. The van der Waals surface area contributed by atoms with Crippen LogP contribution in [0.4, 0.5) is 0 Å². The van der Waals surface area contributed by atoms with Crippen LogP contribution in [-0.2, 0) is 22.6 Å². The van der Waals surface area contributed by atoms with Gasteiger partial charge in [-0.2, -0.15) is 0 Å². The molecule has 0 bridgehead atoms. The molecule has 0 aliphatic carbocycles. The van der Waals surface area contributed by atoms with Crippen molar-refractivity contribution in [2.24, 2.45) is 0 Å². The van der Waals surface area contributed by atoms with E-state index in [1.165, 1.54) is 0 Å². The number of hydrogen-bond donors (Lipinski definition) is 1. The molecule has 1 N–H and O–H groups in total. The number of methoxy groups -OCH3 is 1. The Hall–Kier alpha value is -4.38. The minimum atomic E-state index is -0.667. The minimum absolute atomic E-state index is 0.0721. The van der Waals surface area contributed by atoms with Crippen LogP contribution in [0, 0.1) is 0 Å². The number of unbranched alkanes of at least 4 members (excludes halogenated alkanes) is 1. The van der Waals surface area contributed by atoms with E-state index in [0.717, 1.165) is 35.1 Å².